The number of halogens is 1. The summed E-state index contributed by atoms with van der Waals surface area (Å²) in [5, 5.41) is 16.1. The zero-order chi connectivity index (χ0) is 15.1. The number of hydrogen-bond donors (Lipinski definition) is 1. The van der Waals surface area contributed by atoms with Crippen molar-refractivity contribution >= 4 is 23.1 Å². The van der Waals surface area contributed by atoms with Crippen LogP contribution in [0.1, 0.15) is 26.5 Å². The maximum atomic E-state index is 11.2. The quantitative estimate of drug-likeness (QED) is 0.680. The van der Waals surface area contributed by atoms with Crippen molar-refractivity contribution < 1.29 is 4.92 Å². The smallest absolute Gasteiger partial charge is 0.334 e. The molecule has 0 unspecified atom stereocenters. The molecule has 106 valence electrons. The van der Waals surface area contributed by atoms with Gasteiger partial charge >= 0.3 is 5.69 Å². The van der Waals surface area contributed by atoms with E-state index in [1.54, 1.807) is 24.3 Å². The van der Waals surface area contributed by atoms with Crippen molar-refractivity contribution in [3.8, 4) is 5.69 Å². The van der Waals surface area contributed by atoms with Gasteiger partial charge in [0.2, 0.25) is 5.82 Å². The maximum absolute atomic E-state index is 11.2. The van der Waals surface area contributed by atoms with E-state index in [-0.39, 0.29) is 11.5 Å². The Morgan fingerprint density at radius 2 is 2.05 bits per heavy atom. The van der Waals surface area contributed by atoms with E-state index in [0.29, 0.717) is 16.4 Å². The molecule has 0 saturated carbocycles. The summed E-state index contributed by atoms with van der Waals surface area (Å²) in [7, 11) is 0. The van der Waals surface area contributed by atoms with Crippen molar-refractivity contribution in [2.45, 2.75) is 26.2 Å². The van der Waals surface area contributed by atoms with Crippen LogP contribution in [0.5, 0.6) is 0 Å². The van der Waals surface area contributed by atoms with E-state index in [9.17, 15) is 10.1 Å². The zero-order valence-corrected chi connectivity index (χ0v) is 12.2. The Balaban J connectivity index is 2.71. The molecule has 0 aliphatic heterocycles. The molecule has 2 aromatic rings. The first kappa shape index (κ1) is 14.3. The minimum atomic E-state index is -0.496. The van der Waals surface area contributed by atoms with Crippen LogP contribution in [-0.4, -0.2) is 14.7 Å². The minimum Gasteiger partial charge on any atom is -0.378 e. The molecule has 1 aromatic heterocycles. The second kappa shape index (κ2) is 4.79. The van der Waals surface area contributed by atoms with Crippen LogP contribution in [0.3, 0.4) is 0 Å². The molecular formula is C13H15ClN4O2. The van der Waals surface area contributed by atoms with Crippen LogP contribution in [-0.2, 0) is 5.41 Å². The van der Waals surface area contributed by atoms with Gasteiger partial charge in [-0.05, 0) is 18.2 Å². The van der Waals surface area contributed by atoms with E-state index < -0.39 is 10.3 Å². The molecule has 0 aliphatic carbocycles. The molecule has 0 amide bonds. The average molecular weight is 295 g/mol. The molecule has 0 saturated heterocycles. The number of benzene rings is 1. The third-order valence-corrected chi connectivity index (χ3v) is 3.08. The highest BCUT2D eigenvalue weighted by Crippen LogP contribution is 2.36. The Hall–Kier alpha value is -2.08. The van der Waals surface area contributed by atoms with Crippen molar-refractivity contribution in [2.24, 2.45) is 0 Å². The third kappa shape index (κ3) is 2.46. The van der Waals surface area contributed by atoms with E-state index in [2.05, 4.69) is 5.10 Å². The second-order valence-corrected chi connectivity index (χ2v) is 5.92. The van der Waals surface area contributed by atoms with Crippen molar-refractivity contribution in [1.82, 2.24) is 9.78 Å². The molecule has 0 bridgehead atoms. The first-order chi connectivity index (χ1) is 9.21. The largest absolute Gasteiger partial charge is 0.378 e. The van der Waals surface area contributed by atoms with Gasteiger partial charge in [-0.2, -0.15) is 5.10 Å². The highest BCUT2D eigenvalue weighted by Gasteiger charge is 2.33. The molecule has 0 radical (unpaired) electrons. The van der Waals surface area contributed by atoms with Crippen molar-refractivity contribution in [1.29, 1.82) is 0 Å². The first-order valence-corrected chi connectivity index (χ1v) is 6.39. The number of rotatable bonds is 2. The minimum absolute atomic E-state index is 0.00203. The summed E-state index contributed by atoms with van der Waals surface area (Å²) >= 11 is 5.93. The molecule has 1 heterocycles. The van der Waals surface area contributed by atoms with Gasteiger partial charge in [0.25, 0.3) is 0 Å². The van der Waals surface area contributed by atoms with Gasteiger partial charge in [0.1, 0.15) is 5.69 Å². The summed E-state index contributed by atoms with van der Waals surface area (Å²) < 4.78 is 1.35. The highest BCUT2D eigenvalue weighted by molar-refractivity contribution is 6.30. The van der Waals surface area contributed by atoms with Crippen LogP contribution in [0.25, 0.3) is 5.69 Å². The number of anilines is 1. The van der Waals surface area contributed by atoms with Gasteiger partial charge in [0, 0.05) is 10.4 Å². The van der Waals surface area contributed by atoms with Crippen LogP contribution in [0, 0.1) is 10.1 Å². The van der Waals surface area contributed by atoms with Gasteiger partial charge in [-0.3, -0.25) is 10.1 Å². The molecule has 0 aliphatic rings. The predicted octanol–water partition coefficient (Wildman–Crippen LogP) is 3.31. The average Bonchev–Trinajstić information content (AvgIpc) is 2.66. The van der Waals surface area contributed by atoms with Gasteiger partial charge in [0.15, 0.2) is 0 Å². The van der Waals surface area contributed by atoms with Gasteiger partial charge in [0.05, 0.1) is 10.6 Å². The Morgan fingerprint density at radius 3 is 2.50 bits per heavy atom. The topological polar surface area (TPSA) is 87.0 Å². The molecule has 0 atom stereocenters. The van der Waals surface area contributed by atoms with E-state index in [1.807, 2.05) is 20.8 Å². The number of nitrogens with two attached hydrogens (primary N) is 1. The summed E-state index contributed by atoms with van der Waals surface area (Å²) in [6.07, 6.45) is 0. The fourth-order valence-corrected chi connectivity index (χ4v) is 2.10. The molecule has 20 heavy (non-hydrogen) atoms. The van der Waals surface area contributed by atoms with Gasteiger partial charge in [-0.25, -0.2) is 4.68 Å². The van der Waals surface area contributed by atoms with Crippen LogP contribution < -0.4 is 5.73 Å². The fourth-order valence-electron chi connectivity index (χ4n) is 1.91. The lowest BCUT2D eigenvalue weighted by atomic mass is 9.91. The number of nitro groups is 1. The number of nitrogen functional groups attached to an aromatic ring is 1. The lowest BCUT2D eigenvalue weighted by molar-refractivity contribution is -0.385. The Labute approximate surface area is 121 Å². The van der Waals surface area contributed by atoms with Gasteiger partial charge in [-0.15, -0.1) is 0 Å². The normalized spacial score (nSPS) is 11.6. The van der Waals surface area contributed by atoms with Gasteiger partial charge < -0.3 is 5.73 Å². The molecule has 7 heteroatoms. The Kier molecular flexibility index (Phi) is 3.43. The highest BCUT2D eigenvalue weighted by atomic mass is 35.5. The Bertz CT molecular complexity index is 673. The lowest BCUT2D eigenvalue weighted by Gasteiger charge is -2.13. The first-order valence-electron chi connectivity index (χ1n) is 6.01. The standard InChI is InChI=1S/C13H15ClN4O2/c1-13(2,3)11-10(18(19)20)12(15)17(16-11)9-6-4-5-8(14)7-9/h4-7H,15H2,1-3H3. The summed E-state index contributed by atoms with van der Waals surface area (Å²) in [5.74, 6) is 0.00203. The molecule has 0 spiro atoms. The summed E-state index contributed by atoms with van der Waals surface area (Å²) in [4.78, 5) is 10.8. The van der Waals surface area contributed by atoms with Crippen molar-refractivity contribution in [2.75, 3.05) is 5.73 Å². The third-order valence-electron chi connectivity index (χ3n) is 2.84. The number of aromatic nitrogens is 2. The number of hydrogen-bond acceptors (Lipinski definition) is 4. The fraction of sp³-hybridized carbons (Fsp3) is 0.308. The summed E-state index contributed by atoms with van der Waals surface area (Å²) in [6.45, 7) is 5.55. The molecule has 2 N–H and O–H groups in total. The van der Waals surface area contributed by atoms with Crippen molar-refractivity contribution in [3.63, 3.8) is 0 Å². The lowest BCUT2D eigenvalue weighted by Crippen LogP contribution is -2.14. The van der Waals surface area contributed by atoms with Crippen LogP contribution in [0.15, 0.2) is 24.3 Å². The molecule has 1 aromatic carbocycles. The molecular weight excluding hydrogens is 280 g/mol. The van der Waals surface area contributed by atoms with Crippen LogP contribution in [0.4, 0.5) is 11.5 Å². The zero-order valence-electron chi connectivity index (χ0n) is 11.4. The molecule has 2 rings (SSSR count). The second-order valence-electron chi connectivity index (χ2n) is 5.48. The molecule has 0 fully saturated rings. The SMILES string of the molecule is CC(C)(C)c1nn(-c2cccc(Cl)c2)c(N)c1[N+](=O)[O-]. The summed E-state index contributed by atoms with van der Waals surface area (Å²) in [6, 6.07) is 6.84. The Morgan fingerprint density at radius 1 is 1.40 bits per heavy atom. The summed E-state index contributed by atoms with van der Waals surface area (Å²) in [5.41, 5.74) is 6.20. The molecule has 6 nitrogen and oxygen atoms in total. The monoisotopic (exact) mass is 294 g/mol. The van der Waals surface area contributed by atoms with Crippen LogP contribution in [0.2, 0.25) is 5.02 Å². The van der Waals surface area contributed by atoms with E-state index >= 15 is 0 Å². The van der Waals surface area contributed by atoms with E-state index in [0.717, 1.165) is 0 Å². The number of nitrogens with zero attached hydrogens (tertiary/aromatic N) is 3. The maximum Gasteiger partial charge on any atom is 0.334 e. The predicted molar refractivity (Wildman–Crippen MR) is 78.3 cm³/mol. The van der Waals surface area contributed by atoms with Crippen molar-refractivity contribution in [3.05, 3.63) is 45.1 Å². The van der Waals surface area contributed by atoms with E-state index in [1.165, 1.54) is 4.68 Å². The van der Waals surface area contributed by atoms with Gasteiger partial charge in [-0.1, -0.05) is 38.4 Å². The van der Waals surface area contributed by atoms with Crippen LogP contribution >= 0.6 is 11.6 Å². The van der Waals surface area contributed by atoms with E-state index in [4.69, 9.17) is 17.3 Å².